The second kappa shape index (κ2) is 9.27. The molecule has 4 rings (SSSR count). The van der Waals surface area contributed by atoms with Crippen LogP contribution in [0.25, 0.3) is 34.3 Å². The van der Waals surface area contributed by atoms with Crippen molar-refractivity contribution in [2.24, 2.45) is 0 Å². The van der Waals surface area contributed by atoms with Crippen LogP contribution in [0.1, 0.15) is 19.4 Å². The van der Waals surface area contributed by atoms with Crippen LogP contribution in [-0.2, 0) is 16.4 Å². The number of hydrogen-bond donors (Lipinski definition) is 2. The third-order valence-electron chi connectivity index (χ3n) is 5.19. The molecule has 0 amide bonds. The molecule has 0 fully saturated rings. The summed E-state index contributed by atoms with van der Waals surface area (Å²) in [6.45, 7) is 3.65. The van der Waals surface area contributed by atoms with Crippen molar-refractivity contribution in [3.63, 3.8) is 0 Å². The van der Waals surface area contributed by atoms with Gasteiger partial charge < -0.3 is 15.5 Å². The average molecular weight is 483 g/mol. The summed E-state index contributed by atoms with van der Waals surface area (Å²) < 4.78 is 44.7. The first-order chi connectivity index (χ1) is 16.2. The molecule has 0 bridgehead atoms. The molecule has 11 heteroatoms. The van der Waals surface area contributed by atoms with Gasteiger partial charge >= 0.3 is 0 Å². The van der Waals surface area contributed by atoms with E-state index >= 15 is 0 Å². The van der Waals surface area contributed by atoms with E-state index in [9.17, 15) is 12.8 Å². The first-order valence-corrected chi connectivity index (χ1v) is 12.0. The molecule has 3 N–H and O–H groups in total. The van der Waals surface area contributed by atoms with E-state index in [1.165, 1.54) is 24.4 Å². The van der Waals surface area contributed by atoms with Gasteiger partial charge in [-0.05, 0) is 45.2 Å². The maximum Gasteiger partial charge on any atom is 0.270 e. The Kier molecular flexibility index (Phi) is 6.40. The summed E-state index contributed by atoms with van der Waals surface area (Å²) >= 11 is 0. The fraction of sp³-hybridized carbons (Fsp3) is 0.217. The van der Waals surface area contributed by atoms with Crippen molar-refractivity contribution in [3.05, 3.63) is 60.0 Å². The lowest BCUT2D eigenvalue weighted by atomic mass is 10.1. The van der Waals surface area contributed by atoms with Gasteiger partial charge in [-0.3, -0.25) is 0 Å². The van der Waals surface area contributed by atoms with E-state index in [1.54, 1.807) is 45.2 Å². The number of nitrogens with one attached hydrogen (secondary N) is 1. The number of nitrogens with two attached hydrogens (primary N) is 1. The molecule has 0 atom stereocenters. The van der Waals surface area contributed by atoms with Crippen molar-refractivity contribution in [2.45, 2.75) is 30.5 Å². The quantitative estimate of drug-likeness (QED) is 0.405. The van der Waals surface area contributed by atoms with Gasteiger partial charge in [-0.2, -0.15) is 0 Å². The molecule has 0 unspecified atom stereocenters. The van der Waals surface area contributed by atoms with Gasteiger partial charge in [0, 0.05) is 23.2 Å². The number of rotatable bonds is 7. The van der Waals surface area contributed by atoms with Crippen molar-refractivity contribution in [3.8, 4) is 34.3 Å². The number of hydrogen-bond acceptors (Lipinski definition) is 9. The van der Waals surface area contributed by atoms with Crippen molar-refractivity contribution in [1.82, 2.24) is 25.5 Å². The Balaban J connectivity index is 1.65. The molecular formula is C23H23FN6O3S. The van der Waals surface area contributed by atoms with E-state index in [1.807, 2.05) is 0 Å². The Bertz CT molecular complexity index is 1440. The highest BCUT2D eigenvalue weighted by atomic mass is 32.2. The van der Waals surface area contributed by atoms with Gasteiger partial charge in [-0.25, -0.2) is 22.8 Å². The van der Waals surface area contributed by atoms with E-state index in [4.69, 9.17) is 10.2 Å². The van der Waals surface area contributed by atoms with Gasteiger partial charge in [0.25, 0.3) is 5.89 Å². The van der Waals surface area contributed by atoms with Crippen LogP contribution in [0.5, 0.6) is 0 Å². The van der Waals surface area contributed by atoms with Gasteiger partial charge in [-0.1, -0.05) is 18.2 Å². The second-order valence-electron chi connectivity index (χ2n) is 7.86. The first kappa shape index (κ1) is 23.5. The maximum atomic E-state index is 14.3. The van der Waals surface area contributed by atoms with Crippen LogP contribution < -0.4 is 11.1 Å². The molecular weight excluding hydrogens is 459 g/mol. The molecule has 0 aliphatic heterocycles. The molecule has 0 radical (unpaired) electrons. The van der Waals surface area contributed by atoms with Gasteiger partial charge in [0.2, 0.25) is 5.89 Å². The number of sulfone groups is 1. The van der Waals surface area contributed by atoms with E-state index in [2.05, 4.69) is 25.5 Å². The van der Waals surface area contributed by atoms with E-state index in [0.717, 1.165) is 0 Å². The van der Waals surface area contributed by atoms with E-state index in [0.29, 0.717) is 28.9 Å². The van der Waals surface area contributed by atoms with Crippen molar-refractivity contribution < 1.29 is 17.2 Å². The lowest BCUT2D eigenvalue weighted by Crippen LogP contribution is -2.13. The number of nitrogens with zero attached hydrogens (tertiary/aromatic N) is 4. The molecule has 2 aromatic heterocycles. The topological polar surface area (TPSA) is 137 Å². The molecule has 0 aliphatic carbocycles. The van der Waals surface area contributed by atoms with Crippen molar-refractivity contribution >= 4 is 15.7 Å². The van der Waals surface area contributed by atoms with Gasteiger partial charge in [-0.15, -0.1) is 10.2 Å². The van der Waals surface area contributed by atoms with Crippen LogP contribution in [0.15, 0.2) is 58.0 Å². The molecule has 0 saturated carbocycles. The molecule has 9 nitrogen and oxygen atoms in total. The summed E-state index contributed by atoms with van der Waals surface area (Å²) in [6, 6.07) is 11.0. The highest BCUT2D eigenvalue weighted by Gasteiger charge is 2.20. The lowest BCUT2D eigenvalue weighted by Gasteiger charge is -2.09. The van der Waals surface area contributed by atoms with Crippen molar-refractivity contribution in [1.29, 1.82) is 0 Å². The Morgan fingerprint density at radius 2 is 1.74 bits per heavy atom. The van der Waals surface area contributed by atoms with Gasteiger partial charge in [0.15, 0.2) is 21.3 Å². The van der Waals surface area contributed by atoms with Crippen molar-refractivity contribution in [2.75, 3.05) is 12.8 Å². The molecule has 0 aliphatic rings. The smallest absolute Gasteiger partial charge is 0.270 e. The van der Waals surface area contributed by atoms with E-state index in [-0.39, 0.29) is 28.2 Å². The SMILES string of the molecule is CNCc1ccc(-c2nnc(-c3nc(-c4ccc(S(=O)(=O)C(C)C)cc4)cnc3N)o2)cc1F. The largest absolute Gasteiger partial charge is 0.414 e. The highest BCUT2D eigenvalue weighted by molar-refractivity contribution is 7.92. The molecule has 176 valence electrons. The molecule has 4 aromatic rings. The zero-order valence-electron chi connectivity index (χ0n) is 18.8. The van der Waals surface area contributed by atoms with Crippen LogP contribution >= 0.6 is 0 Å². The third-order valence-corrected chi connectivity index (χ3v) is 7.37. The molecule has 0 spiro atoms. The maximum absolute atomic E-state index is 14.3. The highest BCUT2D eigenvalue weighted by Crippen LogP contribution is 2.29. The number of anilines is 1. The number of nitrogen functional groups attached to an aromatic ring is 1. The zero-order valence-corrected chi connectivity index (χ0v) is 19.6. The Morgan fingerprint density at radius 1 is 1.06 bits per heavy atom. The second-order valence-corrected chi connectivity index (χ2v) is 10.4. The standard InChI is InChI=1S/C23H23FN6O3S/c1-13(2)34(31,32)17-8-6-14(7-9-17)19-12-27-21(25)20(28-19)23-30-29-22(33-23)15-4-5-16(11-26-3)18(24)10-15/h4-10,12-13,26H,11H2,1-3H3,(H2,25,27). The Morgan fingerprint density at radius 3 is 2.38 bits per heavy atom. The van der Waals surface area contributed by atoms with Gasteiger partial charge in [0.05, 0.1) is 22.0 Å². The molecule has 2 aromatic carbocycles. The summed E-state index contributed by atoms with van der Waals surface area (Å²) in [5, 5.41) is 10.4. The molecule has 0 saturated heterocycles. The minimum absolute atomic E-state index is 0.0283. The normalized spacial score (nSPS) is 11.8. The number of aromatic nitrogens is 4. The zero-order chi connectivity index (χ0) is 24.5. The summed E-state index contributed by atoms with van der Waals surface area (Å²) in [5.74, 6) is -0.176. The monoisotopic (exact) mass is 482 g/mol. The summed E-state index contributed by atoms with van der Waals surface area (Å²) in [4.78, 5) is 8.88. The van der Waals surface area contributed by atoms with Gasteiger partial charge in [0.1, 0.15) is 5.82 Å². The average Bonchev–Trinajstić information content (AvgIpc) is 3.31. The molecule has 2 heterocycles. The summed E-state index contributed by atoms with van der Waals surface area (Å²) in [6.07, 6.45) is 1.47. The Labute approximate surface area is 196 Å². The van der Waals surface area contributed by atoms with E-state index < -0.39 is 20.9 Å². The van der Waals surface area contributed by atoms with Crippen LogP contribution in [0.4, 0.5) is 10.2 Å². The summed E-state index contributed by atoms with van der Waals surface area (Å²) in [5.41, 5.74) is 8.17. The minimum Gasteiger partial charge on any atom is -0.414 e. The first-order valence-electron chi connectivity index (χ1n) is 10.4. The van der Waals surface area contributed by atoms with Crippen LogP contribution in [0.2, 0.25) is 0 Å². The molecule has 34 heavy (non-hydrogen) atoms. The number of benzene rings is 2. The fourth-order valence-corrected chi connectivity index (χ4v) is 4.29. The predicted octanol–water partition coefficient (Wildman–Crippen LogP) is 3.48. The Hall–Kier alpha value is -3.70. The fourth-order valence-electron chi connectivity index (χ4n) is 3.23. The number of halogens is 1. The predicted molar refractivity (Wildman–Crippen MR) is 126 cm³/mol. The third kappa shape index (κ3) is 4.52. The lowest BCUT2D eigenvalue weighted by molar-refractivity contribution is 0.577. The van der Waals surface area contributed by atoms with Crippen LogP contribution in [-0.4, -0.2) is 40.9 Å². The van der Waals surface area contributed by atoms with Crippen LogP contribution in [0, 0.1) is 5.82 Å². The summed E-state index contributed by atoms with van der Waals surface area (Å²) in [7, 11) is -1.65. The van der Waals surface area contributed by atoms with Crippen LogP contribution in [0.3, 0.4) is 0 Å². The minimum atomic E-state index is -3.39.